The van der Waals surface area contributed by atoms with E-state index < -0.39 is 0 Å². The molecule has 0 saturated heterocycles. The average molecular weight is 250 g/mol. The van der Waals surface area contributed by atoms with Gasteiger partial charge in [-0.1, -0.05) is 6.92 Å². The third kappa shape index (κ3) is 3.50. The summed E-state index contributed by atoms with van der Waals surface area (Å²) < 4.78 is 0. The molecule has 0 bridgehead atoms. The molecule has 0 atom stereocenters. The molecule has 0 amide bonds. The first-order valence-electron chi connectivity index (χ1n) is 5.36. The van der Waals surface area contributed by atoms with E-state index in [1.807, 2.05) is 19.3 Å². The molecular formula is C10H14N6S. The molecular weight excluding hydrogens is 236 g/mol. The highest BCUT2D eigenvalue weighted by Crippen LogP contribution is 2.19. The number of aryl methyl sites for hydroxylation is 1. The zero-order valence-electron chi connectivity index (χ0n) is 9.77. The first kappa shape index (κ1) is 12.0. The Kier molecular flexibility index (Phi) is 4.05. The summed E-state index contributed by atoms with van der Waals surface area (Å²) in [5.41, 5.74) is 1.07. The van der Waals surface area contributed by atoms with E-state index in [1.54, 1.807) is 0 Å². The van der Waals surface area contributed by atoms with Crippen molar-refractivity contribution in [3.05, 3.63) is 23.8 Å². The summed E-state index contributed by atoms with van der Waals surface area (Å²) >= 11 is 1.34. The van der Waals surface area contributed by atoms with Crippen LogP contribution in [0, 0.1) is 6.92 Å². The standard InChI is InChI=1S/C10H14N6S/c1-3-11-4-8-5-12-9(13-6-8)17-10-14-7(2)15-16-10/h5-6,11H,3-4H2,1-2H3,(H,14,15,16). The molecule has 0 aromatic carbocycles. The fourth-order valence-electron chi connectivity index (χ4n) is 1.21. The average Bonchev–Trinajstić information content (AvgIpc) is 2.74. The Morgan fingerprint density at radius 2 is 2.06 bits per heavy atom. The first-order chi connectivity index (χ1) is 8.28. The monoisotopic (exact) mass is 250 g/mol. The van der Waals surface area contributed by atoms with Crippen molar-refractivity contribution in [1.82, 2.24) is 30.5 Å². The Balaban J connectivity index is 1.98. The molecule has 0 fully saturated rings. The highest BCUT2D eigenvalue weighted by atomic mass is 32.2. The molecule has 0 unspecified atom stereocenters. The number of rotatable bonds is 5. The predicted molar refractivity (Wildman–Crippen MR) is 64.7 cm³/mol. The summed E-state index contributed by atoms with van der Waals surface area (Å²) in [5, 5.41) is 11.3. The molecule has 2 rings (SSSR count). The number of hydrogen-bond donors (Lipinski definition) is 2. The van der Waals surface area contributed by atoms with E-state index in [4.69, 9.17) is 0 Å². The van der Waals surface area contributed by atoms with Gasteiger partial charge in [0.2, 0.25) is 5.16 Å². The Bertz CT molecular complexity index is 466. The van der Waals surface area contributed by atoms with Gasteiger partial charge in [0.25, 0.3) is 0 Å². The van der Waals surface area contributed by atoms with Crippen LogP contribution >= 0.6 is 11.8 Å². The van der Waals surface area contributed by atoms with Crippen LogP contribution in [-0.2, 0) is 6.54 Å². The van der Waals surface area contributed by atoms with Crippen molar-refractivity contribution in [2.75, 3.05) is 6.54 Å². The quantitative estimate of drug-likeness (QED) is 0.775. The molecule has 0 aliphatic carbocycles. The lowest BCUT2D eigenvalue weighted by Crippen LogP contribution is -2.12. The van der Waals surface area contributed by atoms with Crippen molar-refractivity contribution in [2.45, 2.75) is 30.7 Å². The maximum atomic E-state index is 4.25. The molecule has 0 saturated carbocycles. The number of hydrogen-bond acceptors (Lipinski definition) is 6. The molecule has 0 aliphatic rings. The van der Waals surface area contributed by atoms with Crippen LogP contribution in [0.2, 0.25) is 0 Å². The topological polar surface area (TPSA) is 79.4 Å². The molecule has 6 nitrogen and oxygen atoms in total. The van der Waals surface area contributed by atoms with Gasteiger partial charge in [-0.15, -0.1) is 5.10 Å². The van der Waals surface area contributed by atoms with Crippen LogP contribution < -0.4 is 5.32 Å². The van der Waals surface area contributed by atoms with Gasteiger partial charge in [-0.3, -0.25) is 5.10 Å². The SMILES string of the molecule is CCNCc1cnc(Sc2n[nH]c(C)n2)nc1. The molecule has 90 valence electrons. The summed E-state index contributed by atoms with van der Waals surface area (Å²) in [6.07, 6.45) is 3.63. The predicted octanol–water partition coefficient (Wildman–Crippen LogP) is 1.16. The summed E-state index contributed by atoms with van der Waals surface area (Å²) in [6.45, 7) is 5.66. The largest absolute Gasteiger partial charge is 0.313 e. The van der Waals surface area contributed by atoms with Gasteiger partial charge >= 0.3 is 0 Å². The minimum absolute atomic E-state index is 0.641. The van der Waals surface area contributed by atoms with Crippen LogP contribution in [0.3, 0.4) is 0 Å². The molecule has 0 aliphatic heterocycles. The second kappa shape index (κ2) is 5.74. The number of aromatic amines is 1. The molecule has 2 heterocycles. The molecule has 2 aromatic heterocycles. The Hall–Kier alpha value is -1.47. The van der Waals surface area contributed by atoms with Crippen molar-refractivity contribution >= 4 is 11.8 Å². The van der Waals surface area contributed by atoms with Crippen LogP contribution in [0.25, 0.3) is 0 Å². The van der Waals surface area contributed by atoms with Crippen LogP contribution in [0.1, 0.15) is 18.3 Å². The van der Waals surface area contributed by atoms with Gasteiger partial charge < -0.3 is 5.32 Å². The lowest BCUT2D eigenvalue weighted by molar-refractivity contribution is 0.716. The normalized spacial score (nSPS) is 10.7. The molecule has 2 aromatic rings. The fourth-order valence-corrected chi connectivity index (χ4v) is 1.85. The van der Waals surface area contributed by atoms with Gasteiger partial charge in [-0.2, -0.15) is 0 Å². The number of nitrogens with one attached hydrogen (secondary N) is 2. The van der Waals surface area contributed by atoms with E-state index in [-0.39, 0.29) is 0 Å². The van der Waals surface area contributed by atoms with Crippen molar-refractivity contribution in [1.29, 1.82) is 0 Å². The molecule has 0 radical (unpaired) electrons. The van der Waals surface area contributed by atoms with E-state index in [0.717, 1.165) is 24.5 Å². The number of aromatic nitrogens is 5. The van der Waals surface area contributed by atoms with E-state index >= 15 is 0 Å². The molecule has 0 spiro atoms. The number of H-pyrrole nitrogens is 1. The summed E-state index contributed by atoms with van der Waals surface area (Å²) in [6, 6.07) is 0. The van der Waals surface area contributed by atoms with Gasteiger partial charge in [0.15, 0.2) is 5.16 Å². The lowest BCUT2D eigenvalue weighted by atomic mass is 10.3. The van der Waals surface area contributed by atoms with Crippen LogP contribution in [0.5, 0.6) is 0 Å². The first-order valence-corrected chi connectivity index (χ1v) is 6.18. The van der Waals surface area contributed by atoms with Crippen LogP contribution in [-0.4, -0.2) is 31.7 Å². The van der Waals surface area contributed by atoms with Crippen molar-refractivity contribution in [3.8, 4) is 0 Å². The van der Waals surface area contributed by atoms with Crippen LogP contribution in [0.4, 0.5) is 0 Å². The zero-order chi connectivity index (χ0) is 12.1. The minimum atomic E-state index is 0.641. The Labute approximate surface area is 104 Å². The maximum Gasteiger partial charge on any atom is 0.216 e. The summed E-state index contributed by atoms with van der Waals surface area (Å²) in [7, 11) is 0. The van der Waals surface area contributed by atoms with E-state index in [1.165, 1.54) is 11.8 Å². The fraction of sp³-hybridized carbons (Fsp3) is 0.400. The van der Waals surface area contributed by atoms with Gasteiger partial charge in [-0.25, -0.2) is 15.0 Å². The third-order valence-corrected chi connectivity index (χ3v) is 2.78. The van der Waals surface area contributed by atoms with Gasteiger partial charge in [0, 0.05) is 24.5 Å². The second-order valence-electron chi connectivity index (χ2n) is 3.46. The highest BCUT2D eigenvalue weighted by Gasteiger charge is 2.05. The minimum Gasteiger partial charge on any atom is -0.313 e. The Morgan fingerprint density at radius 1 is 1.29 bits per heavy atom. The maximum absolute atomic E-state index is 4.25. The Morgan fingerprint density at radius 3 is 2.65 bits per heavy atom. The van der Waals surface area contributed by atoms with Crippen LogP contribution in [0.15, 0.2) is 22.7 Å². The van der Waals surface area contributed by atoms with E-state index in [2.05, 4.69) is 37.4 Å². The number of nitrogens with zero attached hydrogens (tertiary/aromatic N) is 4. The van der Waals surface area contributed by atoms with Crippen molar-refractivity contribution in [3.63, 3.8) is 0 Å². The third-order valence-electron chi connectivity index (χ3n) is 2.02. The molecule has 7 heteroatoms. The summed E-state index contributed by atoms with van der Waals surface area (Å²) in [5.74, 6) is 0.788. The van der Waals surface area contributed by atoms with Crippen molar-refractivity contribution < 1.29 is 0 Å². The van der Waals surface area contributed by atoms with E-state index in [9.17, 15) is 0 Å². The van der Waals surface area contributed by atoms with E-state index in [0.29, 0.717) is 10.3 Å². The van der Waals surface area contributed by atoms with Gasteiger partial charge in [-0.05, 0) is 25.2 Å². The zero-order valence-corrected chi connectivity index (χ0v) is 10.6. The molecule has 17 heavy (non-hydrogen) atoms. The highest BCUT2D eigenvalue weighted by molar-refractivity contribution is 7.99. The second-order valence-corrected chi connectivity index (χ2v) is 4.39. The van der Waals surface area contributed by atoms with Gasteiger partial charge in [0.05, 0.1) is 0 Å². The lowest BCUT2D eigenvalue weighted by Gasteiger charge is -2.01. The molecule has 2 N–H and O–H groups in total. The van der Waals surface area contributed by atoms with Crippen molar-refractivity contribution in [2.24, 2.45) is 0 Å². The van der Waals surface area contributed by atoms with Gasteiger partial charge in [0.1, 0.15) is 5.82 Å². The summed E-state index contributed by atoms with van der Waals surface area (Å²) in [4.78, 5) is 12.7. The smallest absolute Gasteiger partial charge is 0.216 e.